The number of aliphatic hydroxyl groups is 2. The lowest BCUT2D eigenvalue weighted by atomic mass is 9.83. The molecule has 0 spiro atoms. The van der Waals surface area contributed by atoms with E-state index in [2.05, 4.69) is 10.6 Å². The van der Waals surface area contributed by atoms with Crippen molar-refractivity contribution in [1.29, 1.82) is 0 Å². The molecule has 4 atom stereocenters. The van der Waals surface area contributed by atoms with E-state index in [1.807, 2.05) is 32.0 Å². The predicted molar refractivity (Wildman–Crippen MR) is 120 cm³/mol. The van der Waals surface area contributed by atoms with Crippen LogP contribution < -0.4 is 15.4 Å². The molecule has 33 heavy (non-hydrogen) atoms. The van der Waals surface area contributed by atoms with Gasteiger partial charge in [0.15, 0.2) is 11.4 Å². The first-order valence-corrected chi connectivity index (χ1v) is 11.4. The molecule has 9 nitrogen and oxygen atoms in total. The van der Waals surface area contributed by atoms with Gasteiger partial charge in [0, 0.05) is 5.92 Å². The summed E-state index contributed by atoms with van der Waals surface area (Å²) in [6.45, 7) is 2.89. The monoisotopic (exact) mass is 462 g/mol. The van der Waals surface area contributed by atoms with Gasteiger partial charge < -0.3 is 30.3 Å². The summed E-state index contributed by atoms with van der Waals surface area (Å²) in [7, 11) is 1.61. The van der Waals surface area contributed by atoms with E-state index in [0.29, 0.717) is 19.3 Å². The smallest absolute Gasteiger partial charge is 0.245 e. The first-order chi connectivity index (χ1) is 15.7. The Morgan fingerprint density at radius 3 is 2.48 bits per heavy atom. The molecule has 2 amide bonds. The van der Waals surface area contributed by atoms with Crippen LogP contribution in [0, 0.1) is 11.8 Å². The van der Waals surface area contributed by atoms with E-state index in [0.717, 1.165) is 23.3 Å². The highest BCUT2D eigenvalue weighted by Crippen LogP contribution is 2.30. The number of nitrogens with one attached hydrogen (secondary N) is 2. The van der Waals surface area contributed by atoms with Crippen molar-refractivity contribution in [2.75, 3.05) is 26.9 Å². The second-order valence-electron chi connectivity index (χ2n) is 9.31. The van der Waals surface area contributed by atoms with Gasteiger partial charge in [-0.25, -0.2) is 0 Å². The average Bonchev–Trinajstić information content (AvgIpc) is 3.61. The second-order valence-corrected chi connectivity index (χ2v) is 9.31. The summed E-state index contributed by atoms with van der Waals surface area (Å²) >= 11 is 0. The zero-order valence-electron chi connectivity index (χ0n) is 19.4. The average molecular weight is 463 g/mol. The van der Waals surface area contributed by atoms with Crippen molar-refractivity contribution in [1.82, 2.24) is 10.6 Å². The van der Waals surface area contributed by atoms with Crippen molar-refractivity contribution in [2.24, 2.45) is 11.8 Å². The van der Waals surface area contributed by atoms with Crippen LogP contribution in [0.1, 0.15) is 37.8 Å². The zero-order valence-corrected chi connectivity index (χ0v) is 19.4. The van der Waals surface area contributed by atoms with E-state index in [1.54, 1.807) is 7.11 Å². The Morgan fingerprint density at radius 1 is 1.18 bits per heavy atom. The Balaban J connectivity index is 1.62. The van der Waals surface area contributed by atoms with Crippen LogP contribution in [0.25, 0.3) is 0 Å². The number of benzene rings is 1. The number of amides is 2. The molecule has 4 N–H and O–H groups in total. The molecule has 1 saturated heterocycles. The third kappa shape index (κ3) is 5.90. The minimum Gasteiger partial charge on any atom is -0.497 e. The number of carbonyl (C=O) groups excluding carboxylic acids is 3. The fourth-order valence-electron chi connectivity index (χ4n) is 4.26. The van der Waals surface area contributed by atoms with Crippen molar-refractivity contribution in [2.45, 2.75) is 57.2 Å². The van der Waals surface area contributed by atoms with Gasteiger partial charge in [-0.1, -0.05) is 19.9 Å². The number of ketones is 1. The van der Waals surface area contributed by atoms with Gasteiger partial charge in [-0.05, 0) is 54.9 Å². The lowest BCUT2D eigenvalue weighted by Gasteiger charge is -2.27. The third-order valence-electron chi connectivity index (χ3n) is 6.37. The van der Waals surface area contributed by atoms with E-state index in [9.17, 15) is 24.6 Å². The van der Waals surface area contributed by atoms with Crippen LogP contribution in [0.4, 0.5) is 0 Å². The normalized spacial score (nSPS) is 23.3. The number of rotatable bonds is 11. The van der Waals surface area contributed by atoms with Crippen LogP contribution >= 0.6 is 0 Å². The number of Topliss-reactive ketones (excluding diaryl/α,β-unsaturated/α-hetero) is 1. The minimum absolute atomic E-state index is 0.0943. The fraction of sp³-hybridized carbons (Fsp3) is 0.625. The van der Waals surface area contributed by atoms with E-state index in [1.165, 1.54) is 0 Å². The van der Waals surface area contributed by atoms with Crippen molar-refractivity contribution >= 4 is 17.6 Å². The number of ether oxygens (including phenoxy) is 2. The van der Waals surface area contributed by atoms with E-state index in [-0.39, 0.29) is 24.3 Å². The van der Waals surface area contributed by atoms with E-state index in [4.69, 9.17) is 9.47 Å². The quantitative estimate of drug-likeness (QED) is 0.343. The molecule has 0 radical (unpaired) electrons. The van der Waals surface area contributed by atoms with Gasteiger partial charge in [0.25, 0.3) is 0 Å². The molecule has 1 aliphatic carbocycles. The Bertz CT molecular complexity index is 882. The maximum absolute atomic E-state index is 12.9. The van der Waals surface area contributed by atoms with Gasteiger partial charge in [0.05, 0.1) is 33.0 Å². The summed E-state index contributed by atoms with van der Waals surface area (Å²) in [6.07, 6.45) is 2.23. The van der Waals surface area contributed by atoms with Gasteiger partial charge >= 0.3 is 0 Å². The third-order valence-corrected chi connectivity index (χ3v) is 6.37. The van der Waals surface area contributed by atoms with Gasteiger partial charge in [0.1, 0.15) is 11.8 Å². The number of hydrogen-bond acceptors (Lipinski definition) is 7. The number of hydrogen-bond donors (Lipinski definition) is 4. The summed E-state index contributed by atoms with van der Waals surface area (Å²) in [5.74, 6) is -0.794. The Hall–Kier alpha value is -2.49. The standard InChI is InChI=1S/C24H34N2O7/c1-14(2)8-19(21(29)24(12-28)13-33-24)25-23(31)20(11-27)26-22(30)17-5-4-16-10-18(32-3)7-6-15(16)9-17/h6-7,10,14,17,19-20,27-28H,4-5,8-9,11-13H2,1-3H3,(H,25,31)(H,26,30). The molecule has 9 heteroatoms. The van der Waals surface area contributed by atoms with E-state index >= 15 is 0 Å². The molecule has 2 aliphatic rings. The molecule has 1 aliphatic heterocycles. The largest absolute Gasteiger partial charge is 0.497 e. The number of carbonyl (C=O) groups is 3. The molecule has 1 aromatic rings. The lowest BCUT2D eigenvalue weighted by molar-refractivity contribution is -0.135. The van der Waals surface area contributed by atoms with Crippen LogP contribution in [0.2, 0.25) is 0 Å². The summed E-state index contributed by atoms with van der Waals surface area (Å²) < 4.78 is 10.4. The molecule has 0 aromatic heterocycles. The van der Waals surface area contributed by atoms with Crippen LogP contribution in [-0.4, -0.2) is 72.4 Å². The molecule has 1 aromatic carbocycles. The Kier molecular flexibility index (Phi) is 8.10. The lowest BCUT2D eigenvalue weighted by Crippen LogP contribution is -2.56. The molecule has 0 saturated carbocycles. The molecule has 0 bridgehead atoms. The molecular weight excluding hydrogens is 428 g/mol. The first kappa shape index (κ1) is 25.1. The van der Waals surface area contributed by atoms with Gasteiger partial charge in [0.2, 0.25) is 11.8 Å². The SMILES string of the molecule is COc1ccc2c(c1)CCC(C(=O)NC(CO)C(=O)NC(CC(C)C)C(=O)C1(CO)CO1)C2. The number of epoxide rings is 1. The number of aryl methyl sites for hydroxylation is 1. The summed E-state index contributed by atoms with van der Waals surface area (Å²) in [5.41, 5.74) is 0.946. The van der Waals surface area contributed by atoms with Gasteiger partial charge in [-0.15, -0.1) is 0 Å². The fourth-order valence-corrected chi connectivity index (χ4v) is 4.26. The maximum Gasteiger partial charge on any atom is 0.245 e. The van der Waals surface area contributed by atoms with E-state index < -0.39 is 42.6 Å². The maximum atomic E-state index is 12.9. The Labute approximate surface area is 193 Å². The van der Waals surface area contributed by atoms with Crippen molar-refractivity contribution in [3.8, 4) is 5.75 Å². The highest BCUT2D eigenvalue weighted by atomic mass is 16.6. The number of aliphatic hydroxyl groups excluding tert-OH is 2. The zero-order chi connectivity index (χ0) is 24.2. The highest BCUT2D eigenvalue weighted by Gasteiger charge is 2.54. The summed E-state index contributed by atoms with van der Waals surface area (Å²) in [6, 6.07) is 3.72. The van der Waals surface area contributed by atoms with Crippen molar-refractivity contribution in [3.05, 3.63) is 29.3 Å². The van der Waals surface area contributed by atoms with Crippen LogP contribution in [-0.2, 0) is 32.0 Å². The predicted octanol–water partition coefficient (Wildman–Crippen LogP) is 0.139. The molecule has 4 unspecified atom stereocenters. The first-order valence-electron chi connectivity index (χ1n) is 11.4. The Morgan fingerprint density at radius 2 is 1.91 bits per heavy atom. The molecule has 1 fully saturated rings. The van der Waals surface area contributed by atoms with Crippen LogP contribution in [0.3, 0.4) is 0 Å². The minimum atomic E-state index is -1.26. The molecule has 182 valence electrons. The molecular formula is C24H34N2O7. The van der Waals surface area contributed by atoms with Crippen LogP contribution in [0.5, 0.6) is 5.75 Å². The number of methoxy groups -OCH3 is 1. The van der Waals surface area contributed by atoms with Crippen molar-refractivity contribution in [3.63, 3.8) is 0 Å². The number of fused-ring (bicyclic) bond motifs is 1. The molecule has 1 heterocycles. The summed E-state index contributed by atoms with van der Waals surface area (Å²) in [5, 5.41) is 24.6. The van der Waals surface area contributed by atoms with Crippen LogP contribution in [0.15, 0.2) is 18.2 Å². The second kappa shape index (κ2) is 10.6. The van der Waals surface area contributed by atoms with Crippen molar-refractivity contribution < 1.29 is 34.1 Å². The topological polar surface area (TPSA) is 137 Å². The molecule has 3 rings (SSSR count). The summed E-state index contributed by atoms with van der Waals surface area (Å²) in [4.78, 5) is 38.5. The van der Waals surface area contributed by atoms with Gasteiger partial charge in [-0.2, -0.15) is 0 Å². The van der Waals surface area contributed by atoms with Gasteiger partial charge in [-0.3, -0.25) is 14.4 Å². The highest BCUT2D eigenvalue weighted by molar-refractivity contribution is 5.98.